The van der Waals surface area contributed by atoms with Gasteiger partial charge in [-0.05, 0) is 29.8 Å². The molecule has 0 aliphatic carbocycles. The highest BCUT2D eigenvalue weighted by molar-refractivity contribution is 7.98. The zero-order valence-electron chi connectivity index (χ0n) is 13.2. The fourth-order valence-electron chi connectivity index (χ4n) is 1.98. The molecule has 0 amide bonds. The molecule has 0 bridgehead atoms. The number of hydrogen-bond donors (Lipinski definition) is 2. The van der Waals surface area contributed by atoms with Crippen LogP contribution in [0.1, 0.15) is 5.82 Å². The van der Waals surface area contributed by atoms with Crippen molar-refractivity contribution in [3.05, 3.63) is 42.1 Å². The maximum absolute atomic E-state index is 13.0. The number of nitrogen functional groups attached to an aromatic ring is 1. The van der Waals surface area contributed by atoms with Crippen LogP contribution in [-0.4, -0.2) is 39.0 Å². The van der Waals surface area contributed by atoms with E-state index in [-0.39, 0.29) is 11.8 Å². The number of nitrogens with two attached hydrogens (primary N) is 1. The number of anilines is 2. The van der Waals surface area contributed by atoms with E-state index in [1.54, 1.807) is 23.2 Å². The number of nitrogens with one attached hydrogen (secondary N) is 1. The van der Waals surface area contributed by atoms with Crippen LogP contribution >= 0.6 is 11.8 Å². The first-order valence-electron chi connectivity index (χ1n) is 7.13. The molecule has 2 heterocycles. The molecule has 1 aromatic carbocycles. The van der Waals surface area contributed by atoms with Crippen LogP contribution in [0.2, 0.25) is 0 Å². The van der Waals surface area contributed by atoms with Crippen LogP contribution in [0.15, 0.2) is 35.6 Å². The molecule has 0 aliphatic heterocycles. The largest absolute Gasteiger partial charge is 0.368 e. The Kier molecular flexibility index (Phi) is 4.61. The summed E-state index contributed by atoms with van der Waals surface area (Å²) in [6.07, 6.45) is 1.71. The first-order valence-corrected chi connectivity index (χ1v) is 8.11. The molecule has 3 N–H and O–H groups in total. The number of imidazole rings is 1. The number of aromatic amines is 1. The van der Waals surface area contributed by atoms with E-state index in [0.717, 1.165) is 16.4 Å². The topological polar surface area (TPSA) is 96.6 Å². The average Bonchev–Trinajstić information content (AvgIpc) is 3.02. The summed E-state index contributed by atoms with van der Waals surface area (Å²) in [6, 6.07) is 6.24. The Balaban J connectivity index is 1.70. The van der Waals surface area contributed by atoms with Crippen molar-refractivity contribution in [1.82, 2.24) is 24.9 Å². The van der Waals surface area contributed by atoms with Crippen LogP contribution in [0.4, 0.5) is 16.3 Å². The van der Waals surface area contributed by atoms with Crippen LogP contribution in [0.25, 0.3) is 11.3 Å². The Bertz CT molecular complexity index is 832. The van der Waals surface area contributed by atoms with Gasteiger partial charge in [-0.25, -0.2) is 9.37 Å². The number of aromatic nitrogens is 5. The first kappa shape index (κ1) is 16.2. The molecule has 2 aromatic heterocycles. The number of H-pyrrole nitrogens is 1. The number of thioether (sulfide) groups is 1. The van der Waals surface area contributed by atoms with E-state index in [1.165, 1.54) is 23.9 Å². The highest BCUT2D eigenvalue weighted by Gasteiger charge is 2.09. The van der Waals surface area contributed by atoms with E-state index >= 15 is 0 Å². The van der Waals surface area contributed by atoms with Gasteiger partial charge in [0.15, 0.2) is 5.16 Å². The lowest BCUT2D eigenvalue weighted by Crippen LogP contribution is -2.15. The van der Waals surface area contributed by atoms with Gasteiger partial charge in [0.25, 0.3) is 0 Å². The average molecular weight is 345 g/mol. The van der Waals surface area contributed by atoms with Crippen molar-refractivity contribution in [1.29, 1.82) is 0 Å². The quantitative estimate of drug-likeness (QED) is 0.685. The van der Waals surface area contributed by atoms with Gasteiger partial charge >= 0.3 is 0 Å². The molecule has 0 aliphatic rings. The zero-order valence-corrected chi connectivity index (χ0v) is 14.0. The summed E-state index contributed by atoms with van der Waals surface area (Å²) in [4.78, 5) is 21.8. The Hall–Kier alpha value is -2.68. The maximum atomic E-state index is 13.0. The van der Waals surface area contributed by atoms with Crippen molar-refractivity contribution in [2.75, 3.05) is 24.7 Å². The van der Waals surface area contributed by atoms with E-state index in [0.29, 0.717) is 17.5 Å². The standard InChI is InChI=1S/C15H16FN7S/c1-23(2)14-21-12(20-13(17)22-14)8-24-15-18-7-11(19-15)9-3-5-10(16)6-4-9/h3-7H,8H2,1-2H3,(H,18,19)(H2,17,20,21,22). The molecule has 0 spiro atoms. The van der Waals surface area contributed by atoms with Gasteiger partial charge in [-0.3, -0.25) is 0 Å². The third-order valence-corrected chi connectivity index (χ3v) is 4.02. The lowest BCUT2D eigenvalue weighted by molar-refractivity contribution is 0.628. The summed E-state index contributed by atoms with van der Waals surface area (Å²) in [5, 5.41) is 0.722. The minimum absolute atomic E-state index is 0.191. The zero-order chi connectivity index (χ0) is 17.1. The minimum atomic E-state index is -0.267. The highest BCUT2D eigenvalue weighted by atomic mass is 32.2. The molecule has 0 radical (unpaired) electrons. The van der Waals surface area contributed by atoms with Crippen molar-refractivity contribution in [2.24, 2.45) is 0 Å². The van der Waals surface area contributed by atoms with Gasteiger partial charge < -0.3 is 15.6 Å². The van der Waals surface area contributed by atoms with Gasteiger partial charge in [-0.2, -0.15) is 15.0 Å². The van der Waals surface area contributed by atoms with Crippen LogP contribution in [0.5, 0.6) is 0 Å². The van der Waals surface area contributed by atoms with Crippen LogP contribution in [0, 0.1) is 5.82 Å². The van der Waals surface area contributed by atoms with Gasteiger partial charge in [0.1, 0.15) is 11.6 Å². The SMILES string of the molecule is CN(C)c1nc(N)nc(CSc2ncc(-c3ccc(F)cc3)[nH]2)n1. The van der Waals surface area contributed by atoms with E-state index in [1.807, 2.05) is 14.1 Å². The van der Waals surface area contributed by atoms with E-state index < -0.39 is 0 Å². The van der Waals surface area contributed by atoms with Gasteiger partial charge in [0.2, 0.25) is 11.9 Å². The van der Waals surface area contributed by atoms with Gasteiger partial charge in [0.05, 0.1) is 17.6 Å². The summed E-state index contributed by atoms with van der Waals surface area (Å²) in [5.74, 6) is 1.53. The summed E-state index contributed by atoms with van der Waals surface area (Å²) in [6.45, 7) is 0. The summed E-state index contributed by atoms with van der Waals surface area (Å²) >= 11 is 1.45. The van der Waals surface area contributed by atoms with Gasteiger partial charge in [0, 0.05) is 14.1 Å². The summed E-state index contributed by atoms with van der Waals surface area (Å²) in [7, 11) is 3.68. The van der Waals surface area contributed by atoms with Crippen molar-refractivity contribution in [3.63, 3.8) is 0 Å². The van der Waals surface area contributed by atoms with Crippen LogP contribution < -0.4 is 10.6 Å². The molecular formula is C15H16FN7S. The third kappa shape index (κ3) is 3.80. The Morgan fingerprint density at radius 2 is 1.92 bits per heavy atom. The van der Waals surface area contributed by atoms with Crippen molar-refractivity contribution >= 4 is 23.7 Å². The normalized spacial score (nSPS) is 10.8. The molecule has 3 aromatic rings. The predicted octanol–water partition coefficient (Wildman–Crippen LogP) is 2.34. The molecular weight excluding hydrogens is 329 g/mol. The molecule has 0 atom stereocenters. The highest BCUT2D eigenvalue weighted by Crippen LogP contribution is 2.23. The summed E-state index contributed by atoms with van der Waals surface area (Å²) in [5.41, 5.74) is 7.40. The van der Waals surface area contributed by atoms with Crippen LogP contribution in [0.3, 0.4) is 0 Å². The second kappa shape index (κ2) is 6.83. The molecule has 0 fully saturated rings. The molecule has 3 rings (SSSR count). The Labute approximate surface area is 142 Å². The van der Waals surface area contributed by atoms with E-state index in [4.69, 9.17) is 5.73 Å². The van der Waals surface area contributed by atoms with E-state index in [2.05, 4.69) is 24.9 Å². The number of halogens is 1. The number of nitrogens with zero attached hydrogens (tertiary/aromatic N) is 5. The minimum Gasteiger partial charge on any atom is -0.368 e. The Morgan fingerprint density at radius 1 is 1.17 bits per heavy atom. The molecule has 0 unspecified atom stereocenters. The molecule has 0 saturated carbocycles. The van der Waals surface area contributed by atoms with Gasteiger partial charge in [-0.1, -0.05) is 11.8 Å². The molecule has 0 saturated heterocycles. The number of hydrogen-bond acceptors (Lipinski definition) is 7. The molecule has 7 nitrogen and oxygen atoms in total. The number of rotatable bonds is 5. The predicted molar refractivity (Wildman–Crippen MR) is 92.1 cm³/mol. The fraction of sp³-hybridized carbons (Fsp3) is 0.200. The first-order chi connectivity index (χ1) is 11.5. The number of benzene rings is 1. The smallest absolute Gasteiger partial charge is 0.229 e. The third-order valence-electron chi connectivity index (χ3n) is 3.13. The van der Waals surface area contributed by atoms with Gasteiger partial charge in [-0.15, -0.1) is 0 Å². The monoisotopic (exact) mass is 345 g/mol. The lowest BCUT2D eigenvalue weighted by atomic mass is 10.2. The second-order valence-electron chi connectivity index (χ2n) is 5.20. The van der Waals surface area contributed by atoms with Crippen LogP contribution in [-0.2, 0) is 5.75 Å². The Morgan fingerprint density at radius 3 is 2.62 bits per heavy atom. The van der Waals surface area contributed by atoms with Crippen molar-refractivity contribution in [2.45, 2.75) is 10.9 Å². The van der Waals surface area contributed by atoms with Crippen molar-refractivity contribution in [3.8, 4) is 11.3 Å². The maximum Gasteiger partial charge on any atom is 0.229 e. The van der Waals surface area contributed by atoms with E-state index in [9.17, 15) is 4.39 Å². The molecule has 24 heavy (non-hydrogen) atoms. The molecule has 9 heteroatoms. The summed E-state index contributed by atoms with van der Waals surface area (Å²) < 4.78 is 13.0. The van der Waals surface area contributed by atoms with Crippen molar-refractivity contribution < 1.29 is 4.39 Å². The molecule has 124 valence electrons. The second-order valence-corrected chi connectivity index (χ2v) is 6.17. The fourth-order valence-corrected chi connectivity index (χ4v) is 2.68. The lowest BCUT2D eigenvalue weighted by Gasteiger charge is -2.10.